The fourth-order valence-corrected chi connectivity index (χ4v) is 4.25. The van der Waals surface area contributed by atoms with Gasteiger partial charge in [0, 0.05) is 11.3 Å². The maximum Gasteiger partial charge on any atom is 0.282 e. The number of amides is 1. The Kier molecular flexibility index (Phi) is 6.53. The van der Waals surface area contributed by atoms with Crippen molar-refractivity contribution >= 4 is 17.3 Å². The molecule has 1 fully saturated rings. The largest absolute Gasteiger partial charge is 0.495 e. The lowest BCUT2D eigenvalue weighted by Gasteiger charge is -2.36. The van der Waals surface area contributed by atoms with Gasteiger partial charge in [0.1, 0.15) is 5.75 Å². The van der Waals surface area contributed by atoms with Gasteiger partial charge < -0.3 is 19.9 Å². The Labute approximate surface area is 184 Å². The molecule has 1 atom stereocenters. The first kappa shape index (κ1) is 20.9. The van der Waals surface area contributed by atoms with Crippen LogP contribution in [0.1, 0.15) is 6.92 Å². The van der Waals surface area contributed by atoms with Crippen molar-refractivity contribution in [3.63, 3.8) is 0 Å². The molecule has 1 aliphatic rings. The first-order chi connectivity index (χ1) is 15.2. The number of nitrogens with one attached hydrogen (secondary N) is 2. The van der Waals surface area contributed by atoms with Gasteiger partial charge in [0.05, 0.1) is 39.0 Å². The van der Waals surface area contributed by atoms with Gasteiger partial charge in [-0.1, -0.05) is 60.7 Å². The molecule has 0 spiro atoms. The molecule has 1 saturated heterocycles. The summed E-state index contributed by atoms with van der Waals surface area (Å²) < 4.78 is 5.51. The molecule has 2 N–H and O–H groups in total. The number of rotatable bonds is 6. The zero-order valence-electron chi connectivity index (χ0n) is 18.2. The molecule has 0 bridgehead atoms. The summed E-state index contributed by atoms with van der Waals surface area (Å²) in [5.74, 6) is 0.957. The van der Waals surface area contributed by atoms with Gasteiger partial charge in [-0.25, -0.2) is 0 Å². The second-order valence-electron chi connectivity index (χ2n) is 7.94. The van der Waals surface area contributed by atoms with Crippen molar-refractivity contribution < 1.29 is 14.4 Å². The van der Waals surface area contributed by atoms with Crippen LogP contribution in [0, 0.1) is 0 Å². The summed E-state index contributed by atoms with van der Waals surface area (Å²) in [6, 6.07) is 26.2. The van der Waals surface area contributed by atoms with Gasteiger partial charge in [-0.3, -0.25) is 4.79 Å². The molecule has 0 unspecified atom stereocenters. The van der Waals surface area contributed by atoms with E-state index in [1.165, 1.54) is 4.90 Å². The lowest BCUT2D eigenvalue weighted by Crippen LogP contribution is -3.19. The van der Waals surface area contributed by atoms with Crippen LogP contribution in [0.3, 0.4) is 0 Å². The zero-order chi connectivity index (χ0) is 21.6. The Balaban J connectivity index is 1.40. The number of hydrogen-bond acceptors (Lipinski definition) is 3. The van der Waals surface area contributed by atoms with Crippen molar-refractivity contribution in [2.24, 2.45) is 0 Å². The predicted octanol–water partition coefficient (Wildman–Crippen LogP) is 3.09. The van der Waals surface area contributed by atoms with E-state index in [2.05, 4.69) is 34.5 Å². The van der Waals surface area contributed by atoms with E-state index in [4.69, 9.17) is 4.74 Å². The van der Waals surface area contributed by atoms with Crippen LogP contribution in [0.5, 0.6) is 5.75 Å². The number of nitrogens with zero attached hydrogens (tertiary/aromatic N) is 1. The molecule has 5 nitrogen and oxygen atoms in total. The molecule has 0 aromatic heterocycles. The Morgan fingerprint density at radius 2 is 1.58 bits per heavy atom. The van der Waals surface area contributed by atoms with Gasteiger partial charge in [-0.2, -0.15) is 0 Å². The molecule has 1 aliphatic heterocycles. The van der Waals surface area contributed by atoms with Crippen molar-refractivity contribution in [1.29, 1.82) is 0 Å². The summed E-state index contributed by atoms with van der Waals surface area (Å²) in [4.78, 5) is 16.7. The van der Waals surface area contributed by atoms with Crippen LogP contribution >= 0.6 is 0 Å². The maximum atomic E-state index is 13.1. The normalized spacial score (nSPS) is 15.4. The molecule has 1 heterocycles. The summed E-state index contributed by atoms with van der Waals surface area (Å²) in [5.41, 5.74) is 4.12. The summed E-state index contributed by atoms with van der Waals surface area (Å²) in [7, 11) is 1.71. The van der Waals surface area contributed by atoms with Crippen LogP contribution in [-0.2, 0) is 4.79 Å². The number of anilines is 2. The number of para-hydroxylation sites is 3. The van der Waals surface area contributed by atoms with Crippen molar-refractivity contribution in [2.45, 2.75) is 13.0 Å². The molecule has 3 aromatic rings. The van der Waals surface area contributed by atoms with Crippen molar-refractivity contribution in [1.82, 2.24) is 0 Å². The second-order valence-corrected chi connectivity index (χ2v) is 7.94. The average molecular weight is 417 g/mol. The van der Waals surface area contributed by atoms with Crippen LogP contribution in [0.25, 0.3) is 11.1 Å². The monoisotopic (exact) mass is 416 g/mol. The van der Waals surface area contributed by atoms with E-state index in [9.17, 15) is 4.79 Å². The van der Waals surface area contributed by atoms with Gasteiger partial charge in [-0.15, -0.1) is 0 Å². The lowest BCUT2D eigenvalue weighted by atomic mass is 10.0. The van der Waals surface area contributed by atoms with E-state index in [0.717, 1.165) is 54.4 Å². The quantitative estimate of drug-likeness (QED) is 0.649. The molecule has 4 rings (SSSR count). The van der Waals surface area contributed by atoms with Crippen molar-refractivity contribution in [3.8, 4) is 16.9 Å². The van der Waals surface area contributed by atoms with Crippen LogP contribution < -0.4 is 19.9 Å². The van der Waals surface area contributed by atoms with Crippen LogP contribution in [0.4, 0.5) is 11.4 Å². The number of benzene rings is 3. The summed E-state index contributed by atoms with van der Waals surface area (Å²) in [6.07, 6.45) is 0. The highest BCUT2D eigenvalue weighted by Gasteiger charge is 2.30. The van der Waals surface area contributed by atoms with E-state index in [1.54, 1.807) is 7.11 Å². The SMILES string of the molecule is COc1ccccc1N1CC[NH+]([C@@H](C)C(=O)Nc2ccccc2-c2ccccc2)CC1. The summed E-state index contributed by atoms with van der Waals surface area (Å²) in [5, 5.41) is 3.17. The Morgan fingerprint density at radius 3 is 2.32 bits per heavy atom. The molecule has 160 valence electrons. The minimum Gasteiger partial charge on any atom is -0.495 e. The summed E-state index contributed by atoms with van der Waals surface area (Å²) in [6.45, 7) is 5.64. The fourth-order valence-electron chi connectivity index (χ4n) is 4.25. The van der Waals surface area contributed by atoms with Gasteiger partial charge in [-0.05, 0) is 30.7 Å². The van der Waals surface area contributed by atoms with Crippen LogP contribution in [0.2, 0.25) is 0 Å². The van der Waals surface area contributed by atoms with E-state index in [1.807, 2.05) is 61.5 Å². The smallest absolute Gasteiger partial charge is 0.282 e. The van der Waals surface area contributed by atoms with Crippen LogP contribution in [0.15, 0.2) is 78.9 Å². The highest BCUT2D eigenvalue weighted by molar-refractivity contribution is 5.97. The minimum atomic E-state index is -0.122. The number of piperazine rings is 1. The molecule has 3 aromatic carbocycles. The second kappa shape index (κ2) is 9.67. The first-order valence-electron chi connectivity index (χ1n) is 10.8. The van der Waals surface area contributed by atoms with Gasteiger partial charge in [0.2, 0.25) is 0 Å². The molecule has 31 heavy (non-hydrogen) atoms. The molecule has 5 heteroatoms. The van der Waals surface area contributed by atoms with E-state index in [-0.39, 0.29) is 11.9 Å². The van der Waals surface area contributed by atoms with E-state index in [0.29, 0.717) is 0 Å². The number of quaternary nitrogens is 1. The third-order valence-corrected chi connectivity index (χ3v) is 6.11. The molecule has 1 amide bonds. The van der Waals surface area contributed by atoms with Crippen molar-refractivity contribution in [3.05, 3.63) is 78.9 Å². The average Bonchev–Trinajstić information content (AvgIpc) is 2.84. The maximum absolute atomic E-state index is 13.1. The van der Waals surface area contributed by atoms with Gasteiger partial charge in [0.25, 0.3) is 5.91 Å². The molecule has 0 aliphatic carbocycles. The zero-order valence-corrected chi connectivity index (χ0v) is 18.2. The highest BCUT2D eigenvalue weighted by atomic mass is 16.5. The lowest BCUT2D eigenvalue weighted by molar-refractivity contribution is -0.914. The third-order valence-electron chi connectivity index (χ3n) is 6.11. The number of ether oxygens (including phenoxy) is 1. The first-order valence-corrected chi connectivity index (χ1v) is 10.8. The Hall–Kier alpha value is -3.31. The van der Waals surface area contributed by atoms with Gasteiger partial charge in [0.15, 0.2) is 6.04 Å². The summed E-state index contributed by atoms with van der Waals surface area (Å²) >= 11 is 0. The molecular formula is C26H30N3O2+. The Bertz CT molecular complexity index is 1010. The molecule has 0 radical (unpaired) electrons. The number of carbonyl (C=O) groups excluding carboxylic acids is 1. The fraction of sp³-hybridized carbons (Fsp3) is 0.269. The molecule has 0 saturated carbocycles. The predicted molar refractivity (Wildman–Crippen MR) is 126 cm³/mol. The highest BCUT2D eigenvalue weighted by Crippen LogP contribution is 2.28. The molecular weight excluding hydrogens is 386 g/mol. The number of hydrogen-bond donors (Lipinski definition) is 2. The Morgan fingerprint density at radius 1 is 0.935 bits per heavy atom. The number of methoxy groups -OCH3 is 1. The van der Waals surface area contributed by atoms with Crippen molar-refractivity contribution in [2.75, 3.05) is 43.5 Å². The van der Waals surface area contributed by atoms with Crippen LogP contribution in [-0.4, -0.2) is 45.2 Å². The number of carbonyl (C=O) groups is 1. The minimum absolute atomic E-state index is 0.0594. The van der Waals surface area contributed by atoms with Gasteiger partial charge >= 0.3 is 0 Å². The standard InChI is InChI=1S/C26H29N3O2/c1-20(28-16-18-29(19-17-28)24-14-8-9-15-25(24)31-2)26(30)27-23-13-7-6-12-22(23)21-10-4-3-5-11-21/h3-15,20H,16-19H2,1-2H3,(H,27,30)/p+1/t20-/m0/s1. The van der Waals surface area contributed by atoms with E-state index < -0.39 is 0 Å². The third kappa shape index (κ3) is 4.72. The topological polar surface area (TPSA) is 46.0 Å². The van der Waals surface area contributed by atoms with E-state index >= 15 is 0 Å².